The SMILES string of the molecule is CS(=O)(=O)CC(O)CNC(=O)Nc1ccc2c(c1)CCCS2. The van der Waals surface area contributed by atoms with Gasteiger partial charge in [-0.05, 0) is 42.4 Å². The molecule has 22 heavy (non-hydrogen) atoms. The molecule has 0 aromatic heterocycles. The van der Waals surface area contributed by atoms with E-state index in [0.717, 1.165) is 24.9 Å². The first-order valence-electron chi connectivity index (χ1n) is 7.00. The van der Waals surface area contributed by atoms with E-state index in [0.29, 0.717) is 5.69 Å². The van der Waals surface area contributed by atoms with Gasteiger partial charge in [0.05, 0.1) is 11.9 Å². The number of aliphatic hydroxyl groups is 1. The largest absolute Gasteiger partial charge is 0.390 e. The highest BCUT2D eigenvalue weighted by Crippen LogP contribution is 2.31. The number of benzene rings is 1. The van der Waals surface area contributed by atoms with E-state index < -0.39 is 22.0 Å². The Kier molecular flexibility index (Phi) is 5.71. The molecule has 3 N–H and O–H groups in total. The third kappa shape index (κ3) is 5.51. The molecule has 0 radical (unpaired) electrons. The van der Waals surface area contributed by atoms with Gasteiger partial charge >= 0.3 is 6.03 Å². The van der Waals surface area contributed by atoms with Crippen LogP contribution in [-0.2, 0) is 16.3 Å². The summed E-state index contributed by atoms with van der Waals surface area (Å²) < 4.78 is 22.0. The second-order valence-electron chi connectivity index (χ2n) is 5.36. The minimum absolute atomic E-state index is 0.111. The van der Waals surface area contributed by atoms with Crippen molar-refractivity contribution in [3.05, 3.63) is 23.8 Å². The Morgan fingerprint density at radius 1 is 1.45 bits per heavy atom. The number of aryl methyl sites for hydroxylation is 1. The monoisotopic (exact) mass is 344 g/mol. The summed E-state index contributed by atoms with van der Waals surface area (Å²) >= 11 is 1.82. The fourth-order valence-electron chi connectivity index (χ4n) is 2.23. The summed E-state index contributed by atoms with van der Waals surface area (Å²) in [4.78, 5) is 13.0. The van der Waals surface area contributed by atoms with E-state index in [-0.39, 0.29) is 12.3 Å². The normalized spacial score (nSPS) is 15.7. The molecule has 1 aromatic carbocycles. The van der Waals surface area contributed by atoms with Crippen LogP contribution < -0.4 is 10.6 Å². The number of sulfone groups is 1. The van der Waals surface area contributed by atoms with Crippen LogP contribution in [0.25, 0.3) is 0 Å². The third-order valence-electron chi connectivity index (χ3n) is 3.16. The summed E-state index contributed by atoms with van der Waals surface area (Å²) in [6.07, 6.45) is 2.07. The number of carbonyl (C=O) groups is 1. The van der Waals surface area contributed by atoms with Gasteiger partial charge in [0.25, 0.3) is 0 Å². The summed E-state index contributed by atoms with van der Waals surface area (Å²) in [6.45, 7) is -0.111. The highest BCUT2D eigenvalue weighted by Gasteiger charge is 2.14. The van der Waals surface area contributed by atoms with E-state index in [4.69, 9.17) is 0 Å². The second-order valence-corrected chi connectivity index (χ2v) is 8.68. The van der Waals surface area contributed by atoms with Gasteiger partial charge in [0.1, 0.15) is 9.84 Å². The second kappa shape index (κ2) is 7.34. The molecule has 1 aromatic rings. The lowest BCUT2D eigenvalue weighted by molar-refractivity contribution is 0.192. The number of hydrogen-bond acceptors (Lipinski definition) is 5. The Balaban J connectivity index is 1.84. The average Bonchev–Trinajstić information content (AvgIpc) is 2.43. The van der Waals surface area contributed by atoms with Crippen molar-refractivity contribution in [1.29, 1.82) is 0 Å². The predicted molar refractivity (Wildman–Crippen MR) is 88.2 cm³/mol. The number of fused-ring (bicyclic) bond motifs is 1. The number of rotatable bonds is 5. The molecule has 0 fully saturated rings. The Bertz CT molecular complexity index is 646. The molecule has 1 aliphatic heterocycles. The van der Waals surface area contributed by atoms with Crippen LogP contribution in [0.15, 0.2) is 23.1 Å². The van der Waals surface area contributed by atoms with Crippen LogP contribution in [0.1, 0.15) is 12.0 Å². The topological polar surface area (TPSA) is 95.5 Å². The van der Waals surface area contributed by atoms with Crippen LogP contribution in [0.3, 0.4) is 0 Å². The maximum atomic E-state index is 11.8. The Labute approximate surface area is 134 Å². The minimum Gasteiger partial charge on any atom is -0.390 e. The van der Waals surface area contributed by atoms with E-state index in [9.17, 15) is 18.3 Å². The summed E-state index contributed by atoms with van der Waals surface area (Å²) in [6, 6.07) is 5.32. The predicted octanol–water partition coefficient (Wildman–Crippen LogP) is 1.25. The van der Waals surface area contributed by atoms with Crippen LogP contribution in [0, 0.1) is 0 Å². The summed E-state index contributed by atoms with van der Waals surface area (Å²) in [5.74, 6) is 0.752. The molecular formula is C14H20N2O4S2. The minimum atomic E-state index is -3.26. The molecule has 0 spiro atoms. The Hall–Kier alpha value is -1.25. The zero-order valence-corrected chi connectivity index (χ0v) is 14.0. The quantitative estimate of drug-likeness (QED) is 0.747. The van der Waals surface area contributed by atoms with Gasteiger partial charge in [-0.2, -0.15) is 0 Å². The Morgan fingerprint density at radius 3 is 2.95 bits per heavy atom. The summed E-state index contributed by atoms with van der Waals surface area (Å²) in [5, 5.41) is 14.7. The highest BCUT2D eigenvalue weighted by atomic mass is 32.2. The zero-order chi connectivity index (χ0) is 16.2. The number of amides is 2. The van der Waals surface area contributed by atoms with Crippen molar-refractivity contribution >= 4 is 33.3 Å². The summed E-state index contributed by atoms with van der Waals surface area (Å²) in [7, 11) is -3.26. The summed E-state index contributed by atoms with van der Waals surface area (Å²) in [5.41, 5.74) is 1.92. The number of hydrogen-bond donors (Lipinski definition) is 3. The molecule has 0 saturated carbocycles. The fraction of sp³-hybridized carbons (Fsp3) is 0.500. The third-order valence-corrected chi connectivity index (χ3v) is 5.35. The van der Waals surface area contributed by atoms with Crippen molar-refractivity contribution in [1.82, 2.24) is 5.32 Å². The fourth-order valence-corrected chi connectivity index (χ4v) is 4.07. The number of urea groups is 1. The van der Waals surface area contributed by atoms with Gasteiger partial charge in [-0.15, -0.1) is 11.8 Å². The number of nitrogens with one attached hydrogen (secondary N) is 2. The lowest BCUT2D eigenvalue weighted by Crippen LogP contribution is -2.38. The van der Waals surface area contributed by atoms with E-state index in [1.807, 2.05) is 30.0 Å². The van der Waals surface area contributed by atoms with Crippen molar-refractivity contribution in [2.75, 3.05) is 29.6 Å². The first kappa shape index (κ1) is 17.1. The van der Waals surface area contributed by atoms with Crippen LogP contribution in [0.5, 0.6) is 0 Å². The molecule has 1 aliphatic rings. The lowest BCUT2D eigenvalue weighted by Gasteiger charge is -2.17. The van der Waals surface area contributed by atoms with Crippen molar-refractivity contribution in [3.8, 4) is 0 Å². The molecule has 0 aliphatic carbocycles. The van der Waals surface area contributed by atoms with E-state index >= 15 is 0 Å². The van der Waals surface area contributed by atoms with E-state index in [2.05, 4.69) is 10.6 Å². The molecule has 6 nitrogen and oxygen atoms in total. The van der Waals surface area contributed by atoms with Crippen molar-refractivity contribution in [2.24, 2.45) is 0 Å². The van der Waals surface area contributed by atoms with Crippen LogP contribution >= 0.6 is 11.8 Å². The highest BCUT2D eigenvalue weighted by molar-refractivity contribution is 7.99. The van der Waals surface area contributed by atoms with Crippen molar-refractivity contribution in [3.63, 3.8) is 0 Å². The molecular weight excluding hydrogens is 324 g/mol. The zero-order valence-electron chi connectivity index (χ0n) is 12.3. The first-order valence-corrected chi connectivity index (χ1v) is 10.0. The molecule has 0 saturated heterocycles. The molecule has 1 unspecified atom stereocenters. The Morgan fingerprint density at radius 2 is 2.23 bits per heavy atom. The molecule has 8 heteroatoms. The van der Waals surface area contributed by atoms with Crippen molar-refractivity contribution in [2.45, 2.75) is 23.8 Å². The maximum absolute atomic E-state index is 11.8. The molecule has 2 rings (SSSR count). The van der Waals surface area contributed by atoms with E-state index in [1.54, 1.807) is 0 Å². The number of anilines is 1. The van der Waals surface area contributed by atoms with Gasteiger partial charge in [-0.3, -0.25) is 0 Å². The standard InChI is InChI=1S/C14H20N2O4S2/c1-22(19,20)9-12(17)8-15-14(18)16-11-4-5-13-10(7-11)3-2-6-21-13/h4-5,7,12,17H,2-3,6,8-9H2,1H3,(H2,15,16,18). The van der Waals surface area contributed by atoms with Gasteiger partial charge in [0.2, 0.25) is 0 Å². The molecule has 1 heterocycles. The number of carbonyl (C=O) groups excluding carboxylic acids is 1. The molecule has 122 valence electrons. The van der Waals surface area contributed by atoms with Gasteiger partial charge in [-0.25, -0.2) is 13.2 Å². The average molecular weight is 344 g/mol. The smallest absolute Gasteiger partial charge is 0.319 e. The number of thioether (sulfide) groups is 1. The first-order chi connectivity index (χ1) is 10.3. The molecule has 0 bridgehead atoms. The molecule has 2 amide bonds. The maximum Gasteiger partial charge on any atom is 0.319 e. The van der Waals surface area contributed by atoms with Crippen LogP contribution in [-0.4, -0.2) is 50.0 Å². The van der Waals surface area contributed by atoms with Crippen LogP contribution in [0.2, 0.25) is 0 Å². The van der Waals surface area contributed by atoms with E-state index in [1.165, 1.54) is 10.5 Å². The van der Waals surface area contributed by atoms with Gasteiger partial charge < -0.3 is 15.7 Å². The lowest BCUT2D eigenvalue weighted by atomic mass is 10.1. The number of aliphatic hydroxyl groups excluding tert-OH is 1. The molecule has 1 atom stereocenters. The van der Waals surface area contributed by atoms with Crippen molar-refractivity contribution < 1.29 is 18.3 Å². The van der Waals surface area contributed by atoms with Gasteiger partial charge in [0.15, 0.2) is 0 Å². The van der Waals surface area contributed by atoms with Gasteiger partial charge in [-0.1, -0.05) is 0 Å². The van der Waals surface area contributed by atoms with Gasteiger partial charge in [0, 0.05) is 23.4 Å². The van der Waals surface area contributed by atoms with Crippen LogP contribution in [0.4, 0.5) is 10.5 Å².